The maximum absolute atomic E-state index is 10.8. The van der Waals surface area contributed by atoms with Gasteiger partial charge in [0.15, 0.2) is 0 Å². The number of hydrogen-bond acceptors (Lipinski definition) is 4. The summed E-state index contributed by atoms with van der Waals surface area (Å²) in [4.78, 5) is -0.155. The molecule has 108 valence electrons. The van der Waals surface area contributed by atoms with Crippen LogP contribution in [0.25, 0.3) is 0 Å². The standard InChI is InChI=1S/C14H23NO3S.Na/c15-12-6-4-2-1-3-5-7-13-8-10-14(11-9-13)19(16,17)18;/h8-11H,1-7,12,15H2,(H,16,17,18);/q;+1/p-1. The van der Waals surface area contributed by atoms with Crippen LogP contribution in [-0.4, -0.2) is 19.5 Å². The molecule has 0 aliphatic carbocycles. The summed E-state index contributed by atoms with van der Waals surface area (Å²) < 4.78 is 32.3. The van der Waals surface area contributed by atoms with Crippen molar-refractivity contribution in [1.82, 2.24) is 0 Å². The van der Waals surface area contributed by atoms with Gasteiger partial charge in [-0.15, -0.1) is 0 Å². The summed E-state index contributed by atoms with van der Waals surface area (Å²) in [5, 5.41) is 0. The largest absolute Gasteiger partial charge is 1.00 e. The van der Waals surface area contributed by atoms with Crippen LogP contribution in [0.5, 0.6) is 0 Å². The molecule has 0 aliphatic rings. The Hall–Kier alpha value is 0.0900. The van der Waals surface area contributed by atoms with Gasteiger partial charge in [0, 0.05) is 0 Å². The van der Waals surface area contributed by atoms with Crippen LogP contribution in [0.3, 0.4) is 0 Å². The number of aryl methyl sites for hydroxylation is 1. The van der Waals surface area contributed by atoms with Crippen LogP contribution in [0.1, 0.15) is 44.1 Å². The van der Waals surface area contributed by atoms with Crippen molar-refractivity contribution in [1.29, 1.82) is 0 Å². The molecule has 1 rings (SSSR count). The van der Waals surface area contributed by atoms with Crippen molar-refractivity contribution in [2.75, 3.05) is 6.54 Å². The van der Waals surface area contributed by atoms with Crippen LogP contribution < -0.4 is 35.3 Å². The molecule has 20 heavy (non-hydrogen) atoms. The molecule has 4 nitrogen and oxygen atoms in total. The van der Waals surface area contributed by atoms with Crippen LogP contribution >= 0.6 is 0 Å². The number of rotatable bonds is 9. The van der Waals surface area contributed by atoms with Gasteiger partial charge in [0.05, 0.1) is 4.90 Å². The Morgan fingerprint density at radius 2 is 1.40 bits per heavy atom. The van der Waals surface area contributed by atoms with Crippen molar-refractivity contribution in [2.45, 2.75) is 49.8 Å². The molecule has 0 radical (unpaired) electrons. The second-order valence-corrected chi connectivity index (χ2v) is 6.14. The van der Waals surface area contributed by atoms with E-state index in [4.69, 9.17) is 5.73 Å². The molecule has 1 aromatic rings. The van der Waals surface area contributed by atoms with Gasteiger partial charge in [-0.2, -0.15) is 0 Å². The maximum Gasteiger partial charge on any atom is 1.00 e. The number of unbranched alkanes of at least 4 members (excludes halogenated alkanes) is 5. The monoisotopic (exact) mass is 307 g/mol. The predicted molar refractivity (Wildman–Crippen MR) is 74.9 cm³/mol. The Bertz CT molecular complexity index is 460. The first kappa shape index (κ1) is 20.1. The van der Waals surface area contributed by atoms with E-state index in [0.717, 1.165) is 31.4 Å². The van der Waals surface area contributed by atoms with E-state index in [-0.39, 0.29) is 34.5 Å². The molecule has 0 aliphatic heterocycles. The topological polar surface area (TPSA) is 83.2 Å². The van der Waals surface area contributed by atoms with E-state index >= 15 is 0 Å². The van der Waals surface area contributed by atoms with Gasteiger partial charge in [0.25, 0.3) is 0 Å². The van der Waals surface area contributed by atoms with Gasteiger partial charge >= 0.3 is 29.6 Å². The van der Waals surface area contributed by atoms with E-state index in [1.807, 2.05) is 0 Å². The van der Waals surface area contributed by atoms with E-state index < -0.39 is 10.1 Å². The summed E-state index contributed by atoms with van der Waals surface area (Å²) in [6.45, 7) is 0.773. The Labute approximate surface area is 144 Å². The zero-order valence-corrected chi connectivity index (χ0v) is 15.0. The van der Waals surface area contributed by atoms with Gasteiger partial charge in [-0.25, -0.2) is 8.42 Å². The predicted octanol–water partition coefficient (Wildman–Crippen LogP) is -0.563. The molecule has 0 spiro atoms. The third-order valence-corrected chi connectivity index (χ3v) is 3.98. The summed E-state index contributed by atoms with van der Waals surface area (Å²) in [7, 11) is -4.32. The van der Waals surface area contributed by atoms with Crippen molar-refractivity contribution in [3.05, 3.63) is 29.8 Å². The van der Waals surface area contributed by atoms with Crippen LogP contribution in [0.4, 0.5) is 0 Å². The van der Waals surface area contributed by atoms with E-state index in [9.17, 15) is 13.0 Å². The first-order valence-electron chi connectivity index (χ1n) is 6.79. The normalized spacial score (nSPS) is 11.1. The Morgan fingerprint density at radius 3 is 1.90 bits per heavy atom. The van der Waals surface area contributed by atoms with Crippen molar-refractivity contribution in [3.8, 4) is 0 Å². The zero-order valence-electron chi connectivity index (χ0n) is 12.2. The van der Waals surface area contributed by atoms with Gasteiger partial charge < -0.3 is 10.3 Å². The van der Waals surface area contributed by atoms with Gasteiger partial charge in [-0.05, 0) is 43.5 Å². The fraction of sp³-hybridized carbons (Fsp3) is 0.571. The molecule has 0 saturated carbocycles. The van der Waals surface area contributed by atoms with E-state index in [2.05, 4.69) is 0 Å². The summed E-state index contributed by atoms with van der Waals surface area (Å²) in [6.07, 6.45) is 7.93. The Kier molecular flexibility index (Phi) is 10.8. The molecule has 6 heteroatoms. The van der Waals surface area contributed by atoms with Gasteiger partial charge in [-0.1, -0.05) is 37.8 Å². The summed E-state index contributed by atoms with van der Waals surface area (Å²) in [6, 6.07) is 6.22. The SMILES string of the molecule is NCCCCCCCCc1ccc(S(=O)(=O)[O-])cc1.[Na+]. The molecular weight excluding hydrogens is 285 g/mol. The van der Waals surface area contributed by atoms with Crippen molar-refractivity contribution < 1.29 is 42.5 Å². The van der Waals surface area contributed by atoms with Crippen LogP contribution in [-0.2, 0) is 16.5 Å². The molecule has 0 heterocycles. The molecule has 0 amide bonds. The maximum atomic E-state index is 10.8. The summed E-state index contributed by atoms with van der Waals surface area (Å²) in [5.74, 6) is 0. The first-order valence-corrected chi connectivity index (χ1v) is 8.20. The second-order valence-electron chi connectivity index (χ2n) is 4.76. The zero-order chi connectivity index (χ0) is 14.1. The molecular formula is C14H22NNaO3S. The van der Waals surface area contributed by atoms with Crippen LogP contribution in [0.2, 0.25) is 0 Å². The first-order chi connectivity index (χ1) is 9.04. The quantitative estimate of drug-likeness (QED) is 0.376. The molecule has 1 aromatic carbocycles. The fourth-order valence-electron chi connectivity index (χ4n) is 2.00. The second kappa shape index (κ2) is 10.8. The van der Waals surface area contributed by atoms with Gasteiger partial charge in [0.1, 0.15) is 10.1 Å². The van der Waals surface area contributed by atoms with Crippen molar-refractivity contribution in [3.63, 3.8) is 0 Å². The minimum absolute atomic E-state index is 0. The summed E-state index contributed by atoms with van der Waals surface area (Å²) >= 11 is 0. The fourth-order valence-corrected chi connectivity index (χ4v) is 2.47. The van der Waals surface area contributed by atoms with Crippen molar-refractivity contribution in [2.24, 2.45) is 5.73 Å². The average Bonchev–Trinajstić information content (AvgIpc) is 2.37. The molecule has 0 atom stereocenters. The number of benzene rings is 1. The van der Waals surface area contributed by atoms with E-state index in [0.29, 0.717) is 0 Å². The number of nitrogens with two attached hydrogens (primary N) is 1. The minimum atomic E-state index is -4.32. The molecule has 0 aromatic heterocycles. The van der Waals surface area contributed by atoms with Crippen molar-refractivity contribution >= 4 is 10.1 Å². The molecule has 0 bridgehead atoms. The Balaban J connectivity index is 0.00000361. The van der Waals surface area contributed by atoms with Crippen LogP contribution in [0, 0.1) is 0 Å². The Morgan fingerprint density at radius 1 is 0.900 bits per heavy atom. The number of hydrogen-bond donors (Lipinski definition) is 1. The van der Waals surface area contributed by atoms with E-state index in [1.54, 1.807) is 12.1 Å². The minimum Gasteiger partial charge on any atom is -0.744 e. The van der Waals surface area contributed by atoms with Crippen LogP contribution in [0.15, 0.2) is 29.2 Å². The smallest absolute Gasteiger partial charge is 0.744 e. The third kappa shape index (κ3) is 8.39. The molecule has 0 unspecified atom stereocenters. The molecule has 2 N–H and O–H groups in total. The molecule has 0 saturated heterocycles. The third-order valence-electron chi connectivity index (χ3n) is 3.13. The summed E-state index contributed by atoms with van der Waals surface area (Å²) in [5.41, 5.74) is 6.50. The van der Waals surface area contributed by atoms with E-state index in [1.165, 1.54) is 37.8 Å². The van der Waals surface area contributed by atoms with Gasteiger partial charge in [0.2, 0.25) is 0 Å². The van der Waals surface area contributed by atoms with Gasteiger partial charge in [-0.3, -0.25) is 0 Å². The average molecular weight is 307 g/mol. The molecule has 0 fully saturated rings.